The van der Waals surface area contributed by atoms with Gasteiger partial charge in [-0.3, -0.25) is 0 Å². The lowest BCUT2D eigenvalue weighted by Crippen LogP contribution is -2.27. The van der Waals surface area contributed by atoms with Crippen LogP contribution in [0.1, 0.15) is 6.92 Å². The standard InChI is InChI=1S/C16H18ClNO/c1-2-18(14-8-4-3-5-9-14)12-13-19-16-11-7-6-10-15(16)17/h3-11H,2,12-13H2,1H3. The van der Waals surface area contributed by atoms with Crippen molar-refractivity contribution in [2.75, 3.05) is 24.6 Å². The van der Waals surface area contributed by atoms with Crippen LogP contribution in [0.5, 0.6) is 5.75 Å². The molecule has 0 aromatic heterocycles. The highest BCUT2D eigenvalue weighted by atomic mass is 35.5. The van der Waals surface area contributed by atoms with Crippen molar-refractivity contribution in [1.82, 2.24) is 0 Å². The Morgan fingerprint density at radius 3 is 2.37 bits per heavy atom. The summed E-state index contributed by atoms with van der Waals surface area (Å²) in [6.07, 6.45) is 0. The number of para-hydroxylation sites is 2. The molecule has 0 aliphatic heterocycles. The second-order valence-electron chi connectivity index (χ2n) is 4.19. The number of benzene rings is 2. The Kier molecular flexibility index (Phi) is 5.10. The quantitative estimate of drug-likeness (QED) is 0.782. The topological polar surface area (TPSA) is 12.5 Å². The molecular weight excluding hydrogens is 258 g/mol. The fourth-order valence-electron chi connectivity index (χ4n) is 1.94. The highest BCUT2D eigenvalue weighted by molar-refractivity contribution is 6.32. The number of anilines is 1. The van der Waals surface area contributed by atoms with E-state index < -0.39 is 0 Å². The number of likely N-dealkylation sites (N-methyl/N-ethyl adjacent to an activating group) is 1. The lowest BCUT2D eigenvalue weighted by molar-refractivity contribution is 0.324. The van der Waals surface area contributed by atoms with Crippen LogP contribution in [0.25, 0.3) is 0 Å². The van der Waals surface area contributed by atoms with Crippen molar-refractivity contribution in [1.29, 1.82) is 0 Å². The first-order valence-corrected chi connectivity index (χ1v) is 6.86. The Morgan fingerprint density at radius 1 is 1.00 bits per heavy atom. The molecule has 0 aliphatic carbocycles. The Labute approximate surface area is 119 Å². The highest BCUT2D eigenvalue weighted by Crippen LogP contribution is 2.23. The Morgan fingerprint density at radius 2 is 1.68 bits per heavy atom. The normalized spacial score (nSPS) is 10.2. The maximum Gasteiger partial charge on any atom is 0.137 e. The predicted octanol–water partition coefficient (Wildman–Crippen LogP) is 4.25. The second kappa shape index (κ2) is 7.05. The lowest BCUT2D eigenvalue weighted by Gasteiger charge is -2.23. The van der Waals surface area contributed by atoms with E-state index in [9.17, 15) is 0 Å². The van der Waals surface area contributed by atoms with Gasteiger partial charge in [-0.15, -0.1) is 0 Å². The van der Waals surface area contributed by atoms with Gasteiger partial charge in [0.2, 0.25) is 0 Å². The van der Waals surface area contributed by atoms with Gasteiger partial charge in [-0.1, -0.05) is 41.9 Å². The summed E-state index contributed by atoms with van der Waals surface area (Å²) in [4.78, 5) is 2.27. The zero-order valence-electron chi connectivity index (χ0n) is 11.1. The SMILES string of the molecule is CCN(CCOc1ccccc1Cl)c1ccccc1. The van der Waals surface area contributed by atoms with Crippen molar-refractivity contribution in [3.8, 4) is 5.75 Å². The van der Waals surface area contributed by atoms with E-state index in [-0.39, 0.29) is 0 Å². The molecule has 19 heavy (non-hydrogen) atoms. The van der Waals surface area contributed by atoms with Gasteiger partial charge in [0.15, 0.2) is 0 Å². The number of rotatable bonds is 6. The van der Waals surface area contributed by atoms with Crippen molar-refractivity contribution in [3.63, 3.8) is 0 Å². The minimum Gasteiger partial charge on any atom is -0.490 e. The summed E-state index contributed by atoms with van der Waals surface area (Å²) in [7, 11) is 0. The van der Waals surface area contributed by atoms with Crippen LogP contribution in [0, 0.1) is 0 Å². The zero-order valence-corrected chi connectivity index (χ0v) is 11.8. The highest BCUT2D eigenvalue weighted by Gasteiger charge is 2.04. The van der Waals surface area contributed by atoms with Gasteiger partial charge in [0.25, 0.3) is 0 Å². The first kappa shape index (κ1) is 13.8. The summed E-state index contributed by atoms with van der Waals surface area (Å²) in [5.41, 5.74) is 1.22. The molecular formula is C16H18ClNO. The molecule has 2 aromatic carbocycles. The Hall–Kier alpha value is -1.67. The Balaban J connectivity index is 1.89. The van der Waals surface area contributed by atoms with Crippen LogP contribution in [0.4, 0.5) is 5.69 Å². The van der Waals surface area contributed by atoms with Crippen molar-refractivity contribution in [2.24, 2.45) is 0 Å². The molecule has 0 bridgehead atoms. The summed E-state index contributed by atoms with van der Waals surface area (Å²) in [6.45, 7) is 4.55. The van der Waals surface area contributed by atoms with Gasteiger partial charge in [0.05, 0.1) is 11.6 Å². The maximum absolute atomic E-state index is 6.05. The molecule has 0 saturated carbocycles. The predicted molar refractivity (Wildman–Crippen MR) is 81.3 cm³/mol. The number of hydrogen-bond acceptors (Lipinski definition) is 2. The number of ether oxygens (including phenoxy) is 1. The van der Waals surface area contributed by atoms with Gasteiger partial charge < -0.3 is 9.64 Å². The largest absolute Gasteiger partial charge is 0.490 e. The summed E-state index contributed by atoms with van der Waals surface area (Å²) >= 11 is 6.05. The van der Waals surface area contributed by atoms with Crippen molar-refractivity contribution in [2.45, 2.75) is 6.92 Å². The van der Waals surface area contributed by atoms with Crippen LogP contribution in [-0.2, 0) is 0 Å². The Bertz CT molecular complexity index is 501. The van der Waals surface area contributed by atoms with Crippen LogP contribution in [-0.4, -0.2) is 19.7 Å². The van der Waals surface area contributed by atoms with Gasteiger partial charge in [0.1, 0.15) is 12.4 Å². The molecule has 0 N–H and O–H groups in total. The maximum atomic E-state index is 6.05. The molecule has 0 amide bonds. The molecule has 0 atom stereocenters. The molecule has 2 aromatic rings. The van der Waals surface area contributed by atoms with Gasteiger partial charge in [0, 0.05) is 12.2 Å². The fraction of sp³-hybridized carbons (Fsp3) is 0.250. The second-order valence-corrected chi connectivity index (χ2v) is 4.60. The number of halogens is 1. The molecule has 100 valence electrons. The van der Waals surface area contributed by atoms with E-state index in [0.29, 0.717) is 11.6 Å². The van der Waals surface area contributed by atoms with E-state index in [1.54, 1.807) is 0 Å². The van der Waals surface area contributed by atoms with E-state index in [2.05, 4.69) is 24.0 Å². The van der Waals surface area contributed by atoms with E-state index in [0.717, 1.165) is 18.8 Å². The third-order valence-corrected chi connectivity index (χ3v) is 3.27. The van der Waals surface area contributed by atoms with E-state index >= 15 is 0 Å². The van der Waals surface area contributed by atoms with Crippen LogP contribution < -0.4 is 9.64 Å². The lowest BCUT2D eigenvalue weighted by atomic mass is 10.3. The van der Waals surface area contributed by atoms with Gasteiger partial charge >= 0.3 is 0 Å². The molecule has 0 fully saturated rings. The molecule has 3 heteroatoms. The molecule has 0 heterocycles. The van der Waals surface area contributed by atoms with Crippen LogP contribution in [0.3, 0.4) is 0 Å². The minimum absolute atomic E-state index is 0.618. The number of hydrogen-bond donors (Lipinski definition) is 0. The first-order chi connectivity index (χ1) is 9.31. The van der Waals surface area contributed by atoms with Crippen LogP contribution >= 0.6 is 11.6 Å². The average molecular weight is 276 g/mol. The summed E-state index contributed by atoms with van der Waals surface area (Å²) < 4.78 is 5.72. The smallest absolute Gasteiger partial charge is 0.137 e. The van der Waals surface area contributed by atoms with Crippen LogP contribution in [0.15, 0.2) is 54.6 Å². The molecule has 2 nitrogen and oxygen atoms in total. The van der Waals surface area contributed by atoms with Crippen LogP contribution in [0.2, 0.25) is 5.02 Å². The number of nitrogens with zero attached hydrogens (tertiary/aromatic N) is 1. The molecule has 2 rings (SSSR count). The summed E-state index contributed by atoms with van der Waals surface area (Å²) in [5.74, 6) is 0.744. The summed E-state index contributed by atoms with van der Waals surface area (Å²) in [5, 5.41) is 0.658. The molecule has 0 radical (unpaired) electrons. The molecule has 0 aliphatic rings. The van der Waals surface area contributed by atoms with E-state index in [1.165, 1.54) is 5.69 Å². The van der Waals surface area contributed by atoms with Gasteiger partial charge in [-0.2, -0.15) is 0 Å². The minimum atomic E-state index is 0.618. The molecule has 0 spiro atoms. The average Bonchev–Trinajstić information content (AvgIpc) is 2.46. The molecule has 0 unspecified atom stereocenters. The van der Waals surface area contributed by atoms with E-state index in [1.807, 2.05) is 42.5 Å². The zero-order chi connectivity index (χ0) is 13.5. The third kappa shape index (κ3) is 3.90. The monoisotopic (exact) mass is 275 g/mol. The van der Waals surface area contributed by atoms with Crippen molar-refractivity contribution in [3.05, 3.63) is 59.6 Å². The van der Waals surface area contributed by atoms with Gasteiger partial charge in [-0.05, 0) is 31.2 Å². The fourth-order valence-corrected chi connectivity index (χ4v) is 2.13. The third-order valence-electron chi connectivity index (χ3n) is 2.96. The first-order valence-electron chi connectivity index (χ1n) is 6.48. The van der Waals surface area contributed by atoms with Crippen molar-refractivity contribution < 1.29 is 4.74 Å². The van der Waals surface area contributed by atoms with Crippen molar-refractivity contribution >= 4 is 17.3 Å². The van der Waals surface area contributed by atoms with E-state index in [4.69, 9.17) is 16.3 Å². The van der Waals surface area contributed by atoms with Gasteiger partial charge in [-0.25, -0.2) is 0 Å². The molecule has 0 saturated heterocycles. The summed E-state index contributed by atoms with van der Waals surface area (Å²) in [6, 6.07) is 17.9.